The largest absolute Gasteiger partial charge is 0.355 e. The van der Waals surface area contributed by atoms with Crippen LogP contribution in [0.3, 0.4) is 0 Å². The summed E-state index contributed by atoms with van der Waals surface area (Å²) in [6.45, 7) is 0. The number of rotatable bonds is 2. The first-order chi connectivity index (χ1) is 6.33. The van der Waals surface area contributed by atoms with Gasteiger partial charge in [-0.15, -0.1) is 0 Å². The summed E-state index contributed by atoms with van der Waals surface area (Å²) in [5, 5.41) is 2.63. The van der Waals surface area contributed by atoms with E-state index in [0.29, 0.717) is 5.92 Å². The monoisotopic (exact) mass is 176 g/mol. The first-order valence-corrected chi connectivity index (χ1v) is 4.50. The summed E-state index contributed by atoms with van der Waals surface area (Å²) in [5.74, 6) is 0.489. The van der Waals surface area contributed by atoms with Gasteiger partial charge in [0.05, 0.1) is 11.3 Å². The second-order valence-corrected chi connectivity index (χ2v) is 3.29. The van der Waals surface area contributed by atoms with Crippen molar-refractivity contribution in [3.8, 4) is 0 Å². The zero-order chi connectivity index (χ0) is 9.26. The number of pyridine rings is 1. The van der Waals surface area contributed by atoms with Gasteiger partial charge in [0.25, 0.3) is 5.91 Å². The summed E-state index contributed by atoms with van der Waals surface area (Å²) in [6, 6.07) is 3.63. The summed E-state index contributed by atoms with van der Waals surface area (Å²) in [4.78, 5) is 15.7. The van der Waals surface area contributed by atoms with E-state index < -0.39 is 0 Å². The molecule has 3 nitrogen and oxygen atoms in total. The van der Waals surface area contributed by atoms with Crippen LogP contribution in [0.5, 0.6) is 0 Å². The van der Waals surface area contributed by atoms with Gasteiger partial charge >= 0.3 is 0 Å². The van der Waals surface area contributed by atoms with Crippen molar-refractivity contribution >= 4 is 5.91 Å². The van der Waals surface area contributed by atoms with Gasteiger partial charge in [0.2, 0.25) is 0 Å². The Morgan fingerprint density at radius 2 is 2.38 bits per heavy atom. The van der Waals surface area contributed by atoms with Crippen LogP contribution in [-0.2, 0) is 0 Å². The van der Waals surface area contributed by atoms with Gasteiger partial charge < -0.3 is 5.32 Å². The van der Waals surface area contributed by atoms with Crippen LogP contribution in [-0.4, -0.2) is 17.9 Å². The van der Waals surface area contributed by atoms with Crippen LogP contribution in [0.2, 0.25) is 0 Å². The zero-order valence-corrected chi connectivity index (χ0v) is 7.58. The highest BCUT2D eigenvalue weighted by molar-refractivity contribution is 5.95. The van der Waals surface area contributed by atoms with Crippen molar-refractivity contribution in [2.75, 3.05) is 7.05 Å². The topological polar surface area (TPSA) is 42.0 Å². The molecular formula is C10H12N2O. The highest BCUT2D eigenvalue weighted by Crippen LogP contribution is 2.40. The first-order valence-electron chi connectivity index (χ1n) is 4.50. The minimum atomic E-state index is -0.0324. The Hall–Kier alpha value is -1.38. The van der Waals surface area contributed by atoms with E-state index in [0.717, 1.165) is 11.3 Å². The third-order valence-electron chi connectivity index (χ3n) is 2.27. The van der Waals surface area contributed by atoms with Crippen LogP contribution in [0.1, 0.15) is 34.8 Å². The summed E-state index contributed by atoms with van der Waals surface area (Å²) in [5.41, 5.74) is 1.69. The molecule has 0 aromatic carbocycles. The maximum absolute atomic E-state index is 11.4. The molecular weight excluding hydrogens is 164 g/mol. The molecule has 1 fully saturated rings. The Labute approximate surface area is 77.2 Å². The van der Waals surface area contributed by atoms with Crippen LogP contribution < -0.4 is 5.32 Å². The van der Waals surface area contributed by atoms with Crippen LogP contribution in [0.25, 0.3) is 0 Å². The molecule has 1 aromatic heterocycles. The lowest BCUT2D eigenvalue weighted by molar-refractivity contribution is 0.0961. The van der Waals surface area contributed by atoms with E-state index in [1.807, 2.05) is 6.07 Å². The number of nitrogens with one attached hydrogen (secondary N) is 1. The third-order valence-corrected chi connectivity index (χ3v) is 2.27. The van der Waals surface area contributed by atoms with Gasteiger partial charge in [-0.05, 0) is 25.0 Å². The van der Waals surface area contributed by atoms with Crippen molar-refractivity contribution < 1.29 is 4.79 Å². The number of hydrogen-bond donors (Lipinski definition) is 1. The molecule has 3 heteroatoms. The Morgan fingerprint density at radius 3 is 3.00 bits per heavy atom. The van der Waals surface area contributed by atoms with Gasteiger partial charge in [0.15, 0.2) is 0 Å². The molecule has 1 aromatic rings. The molecule has 0 saturated heterocycles. The van der Waals surface area contributed by atoms with Gasteiger partial charge in [0, 0.05) is 19.2 Å². The number of amides is 1. The number of carbonyl (C=O) groups excluding carboxylic acids is 1. The average Bonchev–Trinajstić information content (AvgIpc) is 3.00. The second-order valence-electron chi connectivity index (χ2n) is 3.29. The van der Waals surface area contributed by atoms with Crippen molar-refractivity contribution in [3.63, 3.8) is 0 Å². The molecule has 0 aliphatic heterocycles. The molecule has 2 rings (SSSR count). The Kier molecular flexibility index (Phi) is 2.00. The number of carbonyl (C=O) groups is 1. The lowest BCUT2D eigenvalue weighted by atomic mass is 10.1. The van der Waals surface area contributed by atoms with Crippen molar-refractivity contribution in [2.24, 2.45) is 0 Å². The number of nitrogens with zero attached hydrogens (tertiary/aromatic N) is 1. The lowest BCUT2D eigenvalue weighted by Gasteiger charge is -2.04. The van der Waals surface area contributed by atoms with Gasteiger partial charge in [-0.2, -0.15) is 0 Å². The summed E-state index contributed by atoms with van der Waals surface area (Å²) in [7, 11) is 1.64. The van der Waals surface area contributed by atoms with E-state index in [9.17, 15) is 4.79 Å². The summed E-state index contributed by atoms with van der Waals surface area (Å²) < 4.78 is 0. The highest BCUT2D eigenvalue weighted by atomic mass is 16.1. The Bertz CT molecular complexity index is 331. The SMILES string of the molecule is CNC(=O)c1cccnc1C1CC1. The van der Waals surface area contributed by atoms with E-state index in [1.165, 1.54) is 12.8 Å². The zero-order valence-electron chi connectivity index (χ0n) is 7.58. The van der Waals surface area contributed by atoms with E-state index in [-0.39, 0.29) is 5.91 Å². The summed E-state index contributed by atoms with van der Waals surface area (Å²) in [6.07, 6.45) is 4.09. The highest BCUT2D eigenvalue weighted by Gasteiger charge is 2.28. The average molecular weight is 176 g/mol. The van der Waals surface area contributed by atoms with Crippen LogP contribution in [0.15, 0.2) is 18.3 Å². The molecule has 1 N–H and O–H groups in total. The molecule has 1 heterocycles. The number of hydrogen-bond acceptors (Lipinski definition) is 2. The molecule has 68 valence electrons. The normalized spacial score (nSPS) is 15.5. The van der Waals surface area contributed by atoms with E-state index in [1.54, 1.807) is 19.3 Å². The first kappa shape index (κ1) is 8.23. The summed E-state index contributed by atoms with van der Waals surface area (Å²) >= 11 is 0. The fraction of sp³-hybridized carbons (Fsp3) is 0.400. The van der Waals surface area contributed by atoms with Crippen molar-refractivity contribution in [2.45, 2.75) is 18.8 Å². The molecule has 0 radical (unpaired) electrons. The Balaban J connectivity index is 2.36. The Morgan fingerprint density at radius 1 is 1.62 bits per heavy atom. The molecule has 1 saturated carbocycles. The fourth-order valence-electron chi connectivity index (χ4n) is 1.43. The smallest absolute Gasteiger partial charge is 0.252 e. The van der Waals surface area contributed by atoms with Crippen LogP contribution >= 0.6 is 0 Å². The number of aromatic nitrogens is 1. The van der Waals surface area contributed by atoms with E-state index >= 15 is 0 Å². The predicted molar refractivity (Wildman–Crippen MR) is 49.6 cm³/mol. The minimum absolute atomic E-state index is 0.0324. The fourth-order valence-corrected chi connectivity index (χ4v) is 1.43. The third kappa shape index (κ3) is 1.54. The standard InChI is InChI=1S/C10H12N2O/c1-11-10(13)8-3-2-6-12-9(8)7-4-5-7/h2-3,6-7H,4-5H2,1H3,(H,11,13). The van der Waals surface area contributed by atoms with Gasteiger partial charge in [0.1, 0.15) is 0 Å². The van der Waals surface area contributed by atoms with Crippen molar-refractivity contribution in [3.05, 3.63) is 29.6 Å². The molecule has 0 spiro atoms. The van der Waals surface area contributed by atoms with Crippen molar-refractivity contribution in [1.29, 1.82) is 0 Å². The maximum Gasteiger partial charge on any atom is 0.252 e. The van der Waals surface area contributed by atoms with Crippen LogP contribution in [0.4, 0.5) is 0 Å². The van der Waals surface area contributed by atoms with E-state index in [2.05, 4.69) is 10.3 Å². The lowest BCUT2D eigenvalue weighted by Crippen LogP contribution is -2.19. The van der Waals surface area contributed by atoms with Gasteiger partial charge in [-0.1, -0.05) is 0 Å². The molecule has 0 atom stereocenters. The predicted octanol–water partition coefficient (Wildman–Crippen LogP) is 1.32. The minimum Gasteiger partial charge on any atom is -0.355 e. The molecule has 1 amide bonds. The molecule has 0 bridgehead atoms. The van der Waals surface area contributed by atoms with Gasteiger partial charge in [-0.3, -0.25) is 9.78 Å². The second kappa shape index (κ2) is 3.17. The molecule has 0 unspecified atom stereocenters. The quantitative estimate of drug-likeness (QED) is 0.738. The van der Waals surface area contributed by atoms with Crippen molar-refractivity contribution in [1.82, 2.24) is 10.3 Å². The van der Waals surface area contributed by atoms with Crippen LogP contribution in [0, 0.1) is 0 Å². The molecule has 13 heavy (non-hydrogen) atoms. The molecule has 1 aliphatic carbocycles. The van der Waals surface area contributed by atoms with Gasteiger partial charge in [-0.25, -0.2) is 0 Å². The van der Waals surface area contributed by atoms with E-state index in [4.69, 9.17) is 0 Å². The maximum atomic E-state index is 11.4. The molecule has 1 aliphatic rings.